The standard InChI is InChI=1S/C14H9BrCl2N2O2/c1-14(7-3-2-4-8(16)5-7)18-12(20)11-10(17)6-9(15)13(21)19(11)14/h2-6H,1H3,(H,18,20). The minimum atomic E-state index is -1.04. The first-order valence-electron chi connectivity index (χ1n) is 6.04. The minimum Gasteiger partial charge on any atom is -0.324 e. The van der Waals surface area contributed by atoms with Crippen molar-refractivity contribution in [1.82, 2.24) is 9.88 Å². The van der Waals surface area contributed by atoms with Crippen molar-refractivity contribution in [3.05, 3.63) is 66.5 Å². The van der Waals surface area contributed by atoms with Crippen LogP contribution in [-0.2, 0) is 5.66 Å². The summed E-state index contributed by atoms with van der Waals surface area (Å²) in [5.41, 5.74) is -0.539. The maximum atomic E-state index is 12.5. The summed E-state index contributed by atoms with van der Waals surface area (Å²) in [5, 5.41) is 3.54. The lowest BCUT2D eigenvalue weighted by Gasteiger charge is -2.28. The van der Waals surface area contributed by atoms with Gasteiger partial charge in [0, 0.05) is 5.02 Å². The Morgan fingerprint density at radius 2 is 1.95 bits per heavy atom. The van der Waals surface area contributed by atoms with Crippen LogP contribution in [0.25, 0.3) is 0 Å². The van der Waals surface area contributed by atoms with Gasteiger partial charge >= 0.3 is 0 Å². The Kier molecular flexibility index (Phi) is 3.39. The van der Waals surface area contributed by atoms with E-state index in [2.05, 4.69) is 21.2 Å². The Morgan fingerprint density at radius 3 is 2.62 bits per heavy atom. The summed E-state index contributed by atoms with van der Waals surface area (Å²) >= 11 is 15.3. The smallest absolute Gasteiger partial charge is 0.271 e. The third kappa shape index (κ3) is 2.11. The summed E-state index contributed by atoms with van der Waals surface area (Å²) in [6, 6.07) is 8.42. The second-order valence-corrected chi connectivity index (χ2v) is 6.56. The number of carbonyl (C=O) groups excluding carboxylic acids is 1. The normalized spacial score (nSPS) is 20.3. The van der Waals surface area contributed by atoms with E-state index < -0.39 is 11.6 Å². The molecule has 3 rings (SSSR count). The monoisotopic (exact) mass is 386 g/mol. The molecule has 0 saturated heterocycles. The fraction of sp³-hybridized carbons (Fsp3) is 0.143. The van der Waals surface area contributed by atoms with Gasteiger partial charge in [0.25, 0.3) is 11.5 Å². The average molecular weight is 388 g/mol. The van der Waals surface area contributed by atoms with Gasteiger partial charge in [-0.15, -0.1) is 0 Å². The molecule has 1 aliphatic heterocycles. The summed E-state index contributed by atoms with van der Waals surface area (Å²) in [5.74, 6) is -0.396. The predicted molar refractivity (Wildman–Crippen MR) is 85.1 cm³/mol. The number of aromatic nitrogens is 1. The summed E-state index contributed by atoms with van der Waals surface area (Å²) in [4.78, 5) is 24.7. The Hall–Kier alpha value is -1.30. The van der Waals surface area contributed by atoms with E-state index in [1.165, 1.54) is 10.6 Å². The third-order valence-electron chi connectivity index (χ3n) is 3.52. The van der Waals surface area contributed by atoms with Gasteiger partial charge in [-0.2, -0.15) is 0 Å². The molecule has 1 aliphatic rings. The van der Waals surface area contributed by atoms with Gasteiger partial charge in [-0.25, -0.2) is 0 Å². The number of hydrogen-bond donors (Lipinski definition) is 1. The molecule has 0 aliphatic carbocycles. The number of benzene rings is 1. The Bertz CT molecular complexity index is 834. The van der Waals surface area contributed by atoms with Crippen LogP contribution in [-0.4, -0.2) is 10.5 Å². The van der Waals surface area contributed by atoms with Crippen molar-refractivity contribution in [2.75, 3.05) is 0 Å². The number of fused-ring (bicyclic) bond motifs is 1. The molecular formula is C14H9BrCl2N2O2. The lowest BCUT2D eigenvalue weighted by molar-refractivity contribution is 0.0941. The molecule has 1 unspecified atom stereocenters. The van der Waals surface area contributed by atoms with Crippen LogP contribution in [0.15, 0.2) is 39.6 Å². The van der Waals surface area contributed by atoms with E-state index in [-0.39, 0.29) is 16.3 Å². The largest absolute Gasteiger partial charge is 0.324 e. The van der Waals surface area contributed by atoms with Gasteiger partial charge in [0.05, 0.1) is 9.50 Å². The topological polar surface area (TPSA) is 51.1 Å². The highest BCUT2D eigenvalue weighted by molar-refractivity contribution is 9.10. The van der Waals surface area contributed by atoms with Gasteiger partial charge in [0.15, 0.2) is 0 Å². The number of hydrogen-bond acceptors (Lipinski definition) is 2. The van der Waals surface area contributed by atoms with Gasteiger partial charge in [-0.05, 0) is 46.6 Å². The number of pyridine rings is 1. The van der Waals surface area contributed by atoms with Gasteiger partial charge in [-0.1, -0.05) is 35.3 Å². The molecule has 7 heteroatoms. The number of nitrogens with one attached hydrogen (secondary N) is 1. The zero-order chi connectivity index (χ0) is 15.4. The first kappa shape index (κ1) is 14.6. The number of halogens is 3. The predicted octanol–water partition coefficient (Wildman–Crippen LogP) is 3.38. The van der Waals surface area contributed by atoms with E-state index in [1.54, 1.807) is 31.2 Å². The number of nitrogens with zero attached hydrogens (tertiary/aromatic N) is 1. The maximum Gasteiger partial charge on any atom is 0.271 e. The molecule has 0 saturated carbocycles. The Labute approximate surface area is 138 Å². The van der Waals surface area contributed by atoms with E-state index in [1.807, 2.05) is 0 Å². The molecule has 0 spiro atoms. The quantitative estimate of drug-likeness (QED) is 0.815. The highest BCUT2D eigenvalue weighted by atomic mass is 79.9. The summed E-state index contributed by atoms with van der Waals surface area (Å²) in [7, 11) is 0. The van der Waals surface area contributed by atoms with Crippen LogP contribution in [0.4, 0.5) is 0 Å². The van der Waals surface area contributed by atoms with Crippen molar-refractivity contribution < 1.29 is 4.79 Å². The molecule has 0 bridgehead atoms. The molecule has 2 aromatic rings. The fourth-order valence-corrected chi connectivity index (χ4v) is 3.53. The molecule has 2 heterocycles. The molecule has 4 nitrogen and oxygen atoms in total. The number of rotatable bonds is 1. The molecule has 1 aromatic heterocycles. The van der Waals surface area contributed by atoms with Gasteiger partial charge in [0.2, 0.25) is 0 Å². The second kappa shape index (κ2) is 4.87. The Balaban J connectivity index is 2.36. The Morgan fingerprint density at radius 1 is 1.24 bits per heavy atom. The van der Waals surface area contributed by atoms with Crippen LogP contribution in [0.3, 0.4) is 0 Å². The molecule has 108 valence electrons. The first-order valence-corrected chi connectivity index (χ1v) is 7.59. The third-order valence-corrected chi connectivity index (χ3v) is 4.61. The molecule has 0 radical (unpaired) electrons. The molecule has 1 amide bonds. The van der Waals surface area contributed by atoms with Crippen LogP contribution in [0.2, 0.25) is 10.0 Å². The van der Waals surface area contributed by atoms with Crippen LogP contribution in [0, 0.1) is 0 Å². The summed E-state index contributed by atoms with van der Waals surface area (Å²) in [6.07, 6.45) is 0. The van der Waals surface area contributed by atoms with Crippen molar-refractivity contribution >= 4 is 45.0 Å². The number of amides is 1. The lowest BCUT2D eigenvalue weighted by Crippen LogP contribution is -2.45. The zero-order valence-corrected chi connectivity index (χ0v) is 13.9. The van der Waals surface area contributed by atoms with Crippen molar-refractivity contribution in [3.63, 3.8) is 0 Å². The summed E-state index contributed by atoms with van der Waals surface area (Å²) < 4.78 is 1.65. The fourth-order valence-electron chi connectivity index (χ4n) is 2.52. The molecular weight excluding hydrogens is 379 g/mol. The molecule has 0 fully saturated rings. The van der Waals surface area contributed by atoms with Crippen LogP contribution in [0.5, 0.6) is 0 Å². The van der Waals surface area contributed by atoms with Crippen molar-refractivity contribution in [3.8, 4) is 0 Å². The highest BCUT2D eigenvalue weighted by Crippen LogP contribution is 2.33. The highest BCUT2D eigenvalue weighted by Gasteiger charge is 2.42. The average Bonchev–Trinajstić information content (AvgIpc) is 2.69. The molecule has 1 aromatic carbocycles. The van der Waals surface area contributed by atoms with Gasteiger partial charge < -0.3 is 5.32 Å². The molecule has 21 heavy (non-hydrogen) atoms. The lowest BCUT2D eigenvalue weighted by atomic mass is 10.0. The van der Waals surface area contributed by atoms with Crippen LogP contribution in [0.1, 0.15) is 23.0 Å². The van der Waals surface area contributed by atoms with Crippen LogP contribution >= 0.6 is 39.1 Å². The van der Waals surface area contributed by atoms with E-state index in [9.17, 15) is 9.59 Å². The minimum absolute atomic E-state index is 0.146. The number of carbonyl (C=O) groups is 1. The van der Waals surface area contributed by atoms with Crippen molar-refractivity contribution in [1.29, 1.82) is 0 Å². The SMILES string of the molecule is CC1(c2cccc(Cl)c2)NC(=O)c2c(Cl)cc(Br)c(=O)n21. The van der Waals surface area contributed by atoms with E-state index in [0.717, 1.165) is 0 Å². The van der Waals surface area contributed by atoms with E-state index >= 15 is 0 Å². The van der Waals surface area contributed by atoms with E-state index in [4.69, 9.17) is 23.2 Å². The molecule has 1 atom stereocenters. The first-order chi connectivity index (χ1) is 9.84. The van der Waals surface area contributed by atoms with E-state index in [0.29, 0.717) is 15.1 Å². The second-order valence-electron chi connectivity index (χ2n) is 4.87. The van der Waals surface area contributed by atoms with Gasteiger partial charge in [0.1, 0.15) is 11.4 Å². The van der Waals surface area contributed by atoms with Crippen molar-refractivity contribution in [2.24, 2.45) is 0 Å². The molecule has 1 N–H and O–H groups in total. The zero-order valence-electron chi connectivity index (χ0n) is 10.8. The maximum absolute atomic E-state index is 12.5. The van der Waals surface area contributed by atoms with Gasteiger partial charge in [-0.3, -0.25) is 14.2 Å². The van der Waals surface area contributed by atoms with Crippen molar-refractivity contribution in [2.45, 2.75) is 12.6 Å². The summed E-state index contributed by atoms with van der Waals surface area (Å²) in [6.45, 7) is 1.73. The van der Waals surface area contributed by atoms with Crippen LogP contribution < -0.4 is 10.9 Å².